The van der Waals surface area contributed by atoms with Gasteiger partial charge in [-0.2, -0.15) is 0 Å². The number of amides is 6. The molecule has 28 nitrogen and oxygen atoms in total. The lowest BCUT2D eigenvalue weighted by Gasteiger charge is -2.24. The number of ether oxygens (including phenoxy) is 2. The number of aromatic nitrogens is 7. The number of thiazole rings is 6. The number of unbranched alkanes of at least 4 members (excludes halogenated alkanes) is 2. The maximum atomic E-state index is 14.5. The molecule has 6 amide bonds. The fourth-order valence-corrected chi connectivity index (χ4v) is 15.5. The first-order valence-electron chi connectivity index (χ1n) is 30.1. The molecule has 0 aliphatic carbocycles. The van der Waals surface area contributed by atoms with Crippen molar-refractivity contribution in [1.29, 1.82) is 0 Å². The van der Waals surface area contributed by atoms with Gasteiger partial charge in [0.2, 0.25) is 11.8 Å². The lowest BCUT2D eigenvalue weighted by atomic mass is 10.0. The number of benzene rings is 1. The van der Waals surface area contributed by atoms with Crippen molar-refractivity contribution < 1.29 is 73.1 Å². The zero-order valence-electron chi connectivity index (χ0n) is 52.3. The number of hydrogen-bond acceptors (Lipinski definition) is 25. The van der Waals surface area contributed by atoms with Crippen molar-refractivity contribution in [2.75, 3.05) is 32.1 Å². The lowest BCUT2D eigenvalue weighted by molar-refractivity contribution is -0.138. The first kappa shape index (κ1) is 71.4. The second-order valence-electron chi connectivity index (χ2n) is 22.2. The van der Waals surface area contributed by atoms with Crippen molar-refractivity contribution in [1.82, 2.24) is 61.5 Å². The third-order valence-electron chi connectivity index (χ3n) is 14.9. The summed E-state index contributed by atoms with van der Waals surface area (Å²) in [7, 11) is 2.90. The minimum Gasteiger partial charge on any atom is -0.481 e. The van der Waals surface area contributed by atoms with E-state index in [1.807, 2.05) is 13.8 Å². The first-order chi connectivity index (χ1) is 46.1. The summed E-state index contributed by atoms with van der Waals surface area (Å²) in [6, 6.07) is 9.07. The lowest BCUT2D eigenvalue weighted by Crippen LogP contribution is -2.40. The van der Waals surface area contributed by atoms with Crippen LogP contribution in [0.2, 0.25) is 0 Å². The van der Waals surface area contributed by atoms with Crippen molar-refractivity contribution in [2.24, 2.45) is 5.92 Å². The van der Waals surface area contributed by atoms with Gasteiger partial charge in [-0.15, -0.1) is 68.0 Å². The first-order valence-corrected chi connectivity index (χ1v) is 35.3. The third kappa shape index (κ3) is 18.4. The van der Waals surface area contributed by atoms with Crippen LogP contribution < -0.4 is 31.5 Å². The molecular weight excluding hydrogens is 1360 g/mol. The summed E-state index contributed by atoms with van der Waals surface area (Å²) in [5.41, 5.74) is 2.07. The van der Waals surface area contributed by atoms with Gasteiger partial charge in [-0.1, -0.05) is 44.2 Å². The van der Waals surface area contributed by atoms with Crippen LogP contribution in [0, 0.1) is 12.8 Å². The molecule has 1 aromatic carbocycles. The van der Waals surface area contributed by atoms with Gasteiger partial charge < -0.3 is 56.5 Å². The Balaban J connectivity index is 1.11. The van der Waals surface area contributed by atoms with Crippen LogP contribution in [0.1, 0.15) is 164 Å². The minimum atomic E-state index is -1.33. The topological polar surface area (TPSA) is 407 Å². The number of methoxy groups -OCH3 is 1. The van der Waals surface area contributed by atoms with Gasteiger partial charge in [-0.3, -0.25) is 43.3 Å². The van der Waals surface area contributed by atoms with Gasteiger partial charge in [0.1, 0.15) is 88.3 Å². The maximum absolute atomic E-state index is 14.5. The summed E-state index contributed by atoms with van der Waals surface area (Å²) in [6.45, 7) is 4.79. The molecule has 10 bridgehead atoms. The SMILES string of the molecule is CNC(=O)C[C@@H]1NC(=O)c2csc(n2)-c2ccc(-c3nc(N(CCCCC(=O)O)C(=O)OC(CCCCC(=O)O)CCC(=O)O)cs3)nc2-c2csc(n2)-c2csc(n2)[C@H]([C@@H](O)c2ccccc2)NC(=O)CNC(=O)c2nc(sc2COC)C(C(C)C)NC(=O)c2nc1sc2C. The summed E-state index contributed by atoms with van der Waals surface area (Å²) >= 11 is 6.84. The number of nitrogens with zero attached hydrogens (tertiary/aromatic N) is 8. The molecule has 9 N–H and O–H groups in total. The number of fused-ring (bicyclic) bond motifs is 14. The van der Waals surface area contributed by atoms with E-state index in [9.17, 15) is 63.6 Å². The Hall–Kier alpha value is -8.90. The molecule has 1 aliphatic rings. The number of rotatable bonds is 23. The summed E-state index contributed by atoms with van der Waals surface area (Å²) in [5, 5.41) is 62.6. The summed E-state index contributed by atoms with van der Waals surface area (Å²) in [4.78, 5) is 155. The predicted octanol–water partition coefficient (Wildman–Crippen LogP) is 9.39. The highest BCUT2D eigenvalue weighted by molar-refractivity contribution is 7.15. The Kier molecular flexibility index (Phi) is 24.7. The number of carbonyl (C=O) groups excluding carboxylic acids is 6. The van der Waals surface area contributed by atoms with Crippen LogP contribution in [0.5, 0.6) is 0 Å². The molecule has 8 aromatic rings. The van der Waals surface area contributed by atoms with Gasteiger partial charge in [0, 0.05) is 71.9 Å². The Labute approximate surface area is 573 Å². The van der Waals surface area contributed by atoms with Crippen molar-refractivity contribution in [3.63, 3.8) is 0 Å². The average Bonchev–Trinajstić information content (AvgIpc) is 1.56. The molecule has 0 saturated heterocycles. The molecule has 0 spiro atoms. The quantitative estimate of drug-likeness (QED) is 0.0269. The number of carbonyl (C=O) groups is 9. The molecule has 5 atom stereocenters. The molecule has 7 aromatic heterocycles. The summed E-state index contributed by atoms with van der Waals surface area (Å²) in [6.07, 6.45) is -2.87. The Morgan fingerprint density at radius 2 is 1.32 bits per heavy atom. The fraction of sp³-hybridized carbons (Fsp3) is 0.387. The second-order valence-corrected chi connectivity index (χ2v) is 28.0. The number of hydrogen-bond donors (Lipinski definition) is 9. The molecule has 34 heteroatoms. The third-order valence-corrected chi connectivity index (χ3v) is 20.6. The molecule has 96 heavy (non-hydrogen) atoms. The molecule has 9 rings (SSSR count). The predicted molar refractivity (Wildman–Crippen MR) is 359 cm³/mol. The summed E-state index contributed by atoms with van der Waals surface area (Å²) < 4.78 is 11.3. The summed E-state index contributed by atoms with van der Waals surface area (Å²) in [5.74, 6) is -6.40. The molecule has 0 saturated carbocycles. The van der Waals surface area contributed by atoms with E-state index in [1.165, 1.54) is 35.8 Å². The van der Waals surface area contributed by atoms with E-state index in [-0.39, 0.29) is 115 Å². The van der Waals surface area contributed by atoms with E-state index >= 15 is 0 Å². The van der Waals surface area contributed by atoms with Gasteiger partial charge in [0.05, 0.1) is 42.2 Å². The van der Waals surface area contributed by atoms with E-state index in [0.717, 1.165) is 56.7 Å². The van der Waals surface area contributed by atoms with Crippen LogP contribution in [0.25, 0.3) is 43.4 Å². The highest BCUT2D eigenvalue weighted by Gasteiger charge is 2.34. The molecule has 506 valence electrons. The van der Waals surface area contributed by atoms with Crippen LogP contribution in [-0.4, -0.2) is 142 Å². The minimum absolute atomic E-state index is 0.0239. The van der Waals surface area contributed by atoms with E-state index < -0.39 is 90.4 Å². The molecule has 0 fully saturated rings. The Bertz CT molecular complexity index is 4130. The highest BCUT2D eigenvalue weighted by atomic mass is 32.1. The molecule has 2 unspecified atom stereocenters. The standard InChI is InChI=1S/C62H67N13O15S6/c1-30(2)47-61-74-50(40(96-61)25-89-5)54(86)64-24-43(77)71-51(52(84)32-13-7-6-8-14-32)60-69-39(28-93-60)58-67-37(26-92-58)49-34(56-68-38(27-91-56)53(85)66-36(23-42(76)63-4)59-73-48(31(3)95-59)55(87)72-47)19-20-35(65-49)57-70-41(29-94-57)75(22-12-11-17-45(80)81)62(88)90-33(18-21-46(82)83)15-9-10-16-44(78)79/h6-8,13-14,19-20,26-30,33,36,47,51-52,84H,9-12,15-18,21-25H2,1-5H3,(H,63,76)(H,64,86)(H,66,85)(H,71,77)(H,72,87)(H,78,79)(H,80,81)(H,82,83)/t33?,36-,47?,51-,52-/m0/s1. The van der Waals surface area contributed by atoms with Crippen LogP contribution in [0.15, 0.2) is 64.0 Å². The number of aliphatic hydroxyl groups is 1. The smallest absolute Gasteiger partial charge is 0.415 e. The number of carboxylic acids is 3. The van der Waals surface area contributed by atoms with E-state index in [1.54, 1.807) is 65.5 Å². The zero-order valence-corrected chi connectivity index (χ0v) is 57.2. The van der Waals surface area contributed by atoms with Crippen LogP contribution in [0.3, 0.4) is 0 Å². The van der Waals surface area contributed by atoms with Crippen molar-refractivity contribution in [3.8, 4) is 43.4 Å². The van der Waals surface area contributed by atoms with Crippen LogP contribution in [0.4, 0.5) is 10.6 Å². The van der Waals surface area contributed by atoms with E-state index in [2.05, 4.69) is 36.6 Å². The monoisotopic (exact) mass is 1430 g/mol. The highest BCUT2D eigenvalue weighted by Crippen LogP contribution is 2.41. The van der Waals surface area contributed by atoms with Crippen molar-refractivity contribution >= 4 is 127 Å². The molecule has 8 heterocycles. The Morgan fingerprint density at radius 1 is 0.646 bits per heavy atom. The number of carboxylic acid groups (broad SMARTS) is 3. The average molecular weight is 1430 g/mol. The maximum Gasteiger partial charge on any atom is 0.415 e. The fourth-order valence-electron chi connectivity index (χ4n) is 9.95. The number of aliphatic hydroxyl groups excluding tert-OH is 1. The number of pyridine rings is 1. The van der Waals surface area contributed by atoms with Gasteiger partial charge in [0.15, 0.2) is 0 Å². The number of nitrogens with one attached hydrogen (secondary N) is 5. The number of aryl methyl sites for hydroxylation is 1. The molecule has 1 aliphatic heterocycles. The van der Waals surface area contributed by atoms with Crippen LogP contribution >= 0.6 is 68.0 Å². The van der Waals surface area contributed by atoms with Gasteiger partial charge in [-0.05, 0) is 69.1 Å². The van der Waals surface area contributed by atoms with Crippen molar-refractivity contribution in [3.05, 3.63) is 111 Å². The largest absolute Gasteiger partial charge is 0.481 e. The zero-order chi connectivity index (χ0) is 68.7. The second kappa shape index (κ2) is 33.2. The van der Waals surface area contributed by atoms with Crippen LogP contribution in [-0.2, 0) is 40.1 Å². The molecular formula is C62H67N13O15S6. The number of anilines is 1. The van der Waals surface area contributed by atoms with Crippen molar-refractivity contribution in [2.45, 2.75) is 122 Å². The van der Waals surface area contributed by atoms with E-state index in [0.29, 0.717) is 64.4 Å². The Morgan fingerprint density at radius 3 is 2.04 bits per heavy atom. The normalized spacial score (nSPS) is 15.9. The molecule has 0 radical (unpaired) electrons. The van der Waals surface area contributed by atoms with Gasteiger partial charge in [-0.25, -0.2) is 39.7 Å². The van der Waals surface area contributed by atoms with Gasteiger partial charge in [0.25, 0.3) is 17.7 Å². The van der Waals surface area contributed by atoms with Gasteiger partial charge >= 0.3 is 24.0 Å². The number of aliphatic carboxylic acids is 3. The van der Waals surface area contributed by atoms with E-state index in [4.69, 9.17) is 34.4 Å².